The molecule has 1 aromatic carbocycles. The number of hydrogen-bond donors (Lipinski definition) is 6. The number of hydrazine groups is 1. The monoisotopic (exact) mass is 441 g/mol. The van der Waals surface area contributed by atoms with Crippen LogP contribution >= 0.6 is 0 Å². The molecule has 0 spiro atoms. The number of rotatable bonds is 6. The van der Waals surface area contributed by atoms with Crippen molar-refractivity contribution in [2.45, 2.75) is 29.4 Å². The van der Waals surface area contributed by atoms with Crippen LogP contribution in [0.1, 0.15) is 16.6 Å². The van der Waals surface area contributed by atoms with Gasteiger partial charge in [0.2, 0.25) is 10.0 Å². The van der Waals surface area contributed by atoms with Crippen molar-refractivity contribution in [3.05, 3.63) is 62.9 Å². The lowest BCUT2D eigenvalue weighted by Crippen LogP contribution is -2.40. The first kappa shape index (κ1) is 21.8. The van der Waals surface area contributed by atoms with Gasteiger partial charge in [0.15, 0.2) is 6.23 Å². The topological polar surface area (TPSA) is 206 Å². The number of aliphatic hydroxyl groups is 2. The van der Waals surface area contributed by atoms with Gasteiger partial charge in [-0.1, -0.05) is 0 Å². The summed E-state index contributed by atoms with van der Waals surface area (Å²) in [5, 5.41) is 20.3. The molecule has 1 saturated heterocycles. The quantitative estimate of drug-likeness (QED) is 0.151. The number of benzene rings is 1. The Morgan fingerprint density at radius 1 is 1.17 bits per heavy atom. The summed E-state index contributed by atoms with van der Waals surface area (Å²) < 4.78 is 33.4. The van der Waals surface area contributed by atoms with Crippen LogP contribution in [0.2, 0.25) is 0 Å². The molecule has 0 unspecified atom stereocenters. The summed E-state index contributed by atoms with van der Waals surface area (Å²) >= 11 is 0. The normalized spacial score (nSPS) is 24.0. The molecule has 1 aromatic heterocycles. The van der Waals surface area contributed by atoms with E-state index in [1.54, 1.807) is 0 Å². The van der Waals surface area contributed by atoms with E-state index < -0.39 is 58.3 Å². The van der Waals surface area contributed by atoms with Crippen molar-refractivity contribution in [3.8, 4) is 0 Å². The first-order valence-corrected chi connectivity index (χ1v) is 10.1. The van der Waals surface area contributed by atoms with Gasteiger partial charge in [0.25, 0.3) is 11.5 Å². The van der Waals surface area contributed by atoms with Crippen molar-refractivity contribution >= 4 is 15.9 Å². The maximum absolute atomic E-state index is 12.4. The molecule has 14 heteroatoms. The molecule has 30 heavy (non-hydrogen) atoms. The van der Waals surface area contributed by atoms with E-state index in [0.29, 0.717) is 0 Å². The molecule has 3 rings (SSSR count). The SMILES string of the molecule is NNC(=O)c1ccc(S(=O)(=O)NC[C@H]2O[C@@H](n3ccc(=O)[nH]c3=O)[C@H](O)[C@@H]2O)cc1. The number of amides is 1. The summed E-state index contributed by atoms with van der Waals surface area (Å²) in [5.41, 5.74) is 0.566. The van der Waals surface area contributed by atoms with Crippen LogP contribution < -0.4 is 27.2 Å². The molecule has 1 amide bonds. The predicted octanol–water partition coefficient (Wildman–Crippen LogP) is -3.26. The molecule has 1 aliphatic heterocycles. The Balaban J connectivity index is 1.71. The first-order chi connectivity index (χ1) is 14.1. The van der Waals surface area contributed by atoms with Crippen LogP contribution in [-0.4, -0.2) is 58.9 Å². The molecular weight excluding hydrogens is 422 g/mol. The molecular formula is C16H19N5O8S. The van der Waals surface area contributed by atoms with Gasteiger partial charge in [-0.3, -0.25) is 24.6 Å². The number of carbonyl (C=O) groups is 1. The van der Waals surface area contributed by atoms with Gasteiger partial charge < -0.3 is 14.9 Å². The zero-order chi connectivity index (χ0) is 22.1. The maximum Gasteiger partial charge on any atom is 0.330 e. The predicted molar refractivity (Wildman–Crippen MR) is 101 cm³/mol. The second kappa shape index (κ2) is 8.47. The number of nitrogens with one attached hydrogen (secondary N) is 3. The standard InChI is InChI=1S/C16H19N5O8S/c17-20-14(25)8-1-3-9(4-2-8)30(27,28)18-7-10-12(23)13(24)15(29-10)21-6-5-11(22)19-16(21)26/h1-6,10,12-13,15,18,23-24H,7,17H2,(H,20,25)(H,19,22,26)/t10-,12-,13-,15-/m1/s1. The Bertz CT molecular complexity index is 1140. The summed E-state index contributed by atoms with van der Waals surface area (Å²) in [4.78, 5) is 36.3. The molecule has 1 fully saturated rings. The molecule has 1 aliphatic rings. The smallest absolute Gasteiger partial charge is 0.330 e. The van der Waals surface area contributed by atoms with Crippen molar-refractivity contribution in [1.82, 2.24) is 19.7 Å². The Morgan fingerprint density at radius 3 is 2.43 bits per heavy atom. The van der Waals surface area contributed by atoms with E-state index in [2.05, 4.69) is 4.72 Å². The number of carbonyl (C=O) groups excluding carboxylic acids is 1. The highest BCUT2D eigenvalue weighted by atomic mass is 32.2. The van der Waals surface area contributed by atoms with E-state index in [0.717, 1.165) is 16.8 Å². The lowest BCUT2D eigenvalue weighted by molar-refractivity contribution is -0.0380. The maximum atomic E-state index is 12.4. The van der Waals surface area contributed by atoms with Crippen molar-refractivity contribution in [3.63, 3.8) is 0 Å². The molecule has 2 aromatic rings. The van der Waals surface area contributed by atoms with Gasteiger partial charge in [0, 0.05) is 24.4 Å². The third-order valence-corrected chi connectivity index (χ3v) is 5.93. The lowest BCUT2D eigenvalue weighted by atomic mass is 10.1. The van der Waals surface area contributed by atoms with E-state index in [9.17, 15) is 33.0 Å². The molecule has 2 heterocycles. The Hall–Kier alpha value is -2.88. The van der Waals surface area contributed by atoms with E-state index in [-0.39, 0.29) is 10.5 Å². The number of H-pyrrole nitrogens is 1. The van der Waals surface area contributed by atoms with Crippen molar-refractivity contribution in [1.29, 1.82) is 0 Å². The average Bonchev–Trinajstić information content (AvgIpc) is 3.00. The van der Waals surface area contributed by atoms with Crippen LogP contribution in [0.5, 0.6) is 0 Å². The summed E-state index contributed by atoms with van der Waals surface area (Å²) in [6.45, 7) is -0.416. The molecule has 0 bridgehead atoms. The largest absolute Gasteiger partial charge is 0.387 e. The Labute approximate surface area is 169 Å². The van der Waals surface area contributed by atoms with Crippen LogP contribution in [0.3, 0.4) is 0 Å². The van der Waals surface area contributed by atoms with E-state index in [4.69, 9.17) is 10.6 Å². The second-order valence-corrected chi connectivity index (χ2v) is 8.18. The minimum Gasteiger partial charge on any atom is -0.387 e. The van der Waals surface area contributed by atoms with E-state index in [1.807, 2.05) is 10.4 Å². The zero-order valence-electron chi connectivity index (χ0n) is 15.3. The zero-order valence-corrected chi connectivity index (χ0v) is 16.1. The van der Waals surface area contributed by atoms with Gasteiger partial charge in [0.05, 0.1) is 4.90 Å². The highest BCUT2D eigenvalue weighted by molar-refractivity contribution is 7.89. The first-order valence-electron chi connectivity index (χ1n) is 8.58. The number of nitrogen functional groups attached to an aromatic ring is 1. The number of sulfonamides is 1. The Kier molecular flexibility index (Phi) is 6.16. The van der Waals surface area contributed by atoms with E-state index in [1.165, 1.54) is 24.3 Å². The number of ether oxygens (including phenoxy) is 1. The summed E-state index contributed by atoms with van der Waals surface area (Å²) in [6, 6.07) is 5.95. The molecule has 0 aliphatic carbocycles. The number of nitrogens with two attached hydrogens (primary N) is 1. The summed E-state index contributed by atoms with van der Waals surface area (Å²) in [7, 11) is -4.04. The highest BCUT2D eigenvalue weighted by Gasteiger charge is 2.44. The van der Waals surface area contributed by atoms with Crippen LogP contribution in [0, 0.1) is 0 Å². The lowest BCUT2D eigenvalue weighted by Gasteiger charge is -2.16. The third-order valence-electron chi connectivity index (χ3n) is 4.49. The fraction of sp³-hybridized carbons (Fsp3) is 0.312. The van der Waals surface area contributed by atoms with Crippen molar-refractivity contribution in [2.24, 2.45) is 5.84 Å². The van der Waals surface area contributed by atoms with Crippen LogP contribution in [-0.2, 0) is 14.8 Å². The second-order valence-electron chi connectivity index (χ2n) is 6.41. The molecule has 4 atom stereocenters. The summed E-state index contributed by atoms with van der Waals surface area (Å²) in [6.07, 6.45) is -4.47. The number of aromatic amines is 1. The van der Waals surface area contributed by atoms with Gasteiger partial charge in [-0.2, -0.15) is 0 Å². The van der Waals surface area contributed by atoms with Gasteiger partial charge in [-0.05, 0) is 24.3 Å². The third kappa shape index (κ3) is 4.33. The fourth-order valence-electron chi connectivity index (χ4n) is 2.90. The van der Waals surface area contributed by atoms with Crippen LogP contribution in [0.4, 0.5) is 0 Å². The fourth-order valence-corrected chi connectivity index (χ4v) is 3.94. The molecule has 162 valence electrons. The van der Waals surface area contributed by atoms with Gasteiger partial charge in [0.1, 0.15) is 18.3 Å². The number of aliphatic hydroxyl groups excluding tert-OH is 2. The highest BCUT2D eigenvalue weighted by Crippen LogP contribution is 2.28. The number of hydrogen-bond acceptors (Lipinski definition) is 9. The molecule has 13 nitrogen and oxygen atoms in total. The summed E-state index contributed by atoms with van der Waals surface area (Å²) in [5.74, 6) is 4.42. The molecule has 7 N–H and O–H groups in total. The van der Waals surface area contributed by atoms with Gasteiger partial charge >= 0.3 is 5.69 Å². The molecule has 0 radical (unpaired) electrons. The van der Waals surface area contributed by atoms with Gasteiger partial charge in [-0.25, -0.2) is 23.8 Å². The minimum atomic E-state index is -4.04. The Morgan fingerprint density at radius 2 is 1.83 bits per heavy atom. The van der Waals surface area contributed by atoms with Gasteiger partial charge in [-0.15, -0.1) is 0 Å². The van der Waals surface area contributed by atoms with Crippen LogP contribution in [0.25, 0.3) is 0 Å². The number of nitrogens with zero attached hydrogens (tertiary/aromatic N) is 1. The number of aromatic nitrogens is 2. The average molecular weight is 441 g/mol. The van der Waals surface area contributed by atoms with Crippen LogP contribution in [0.15, 0.2) is 51.0 Å². The van der Waals surface area contributed by atoms with Crippen molar-refractivity contribution in [2.75, 3.05) is 6.54 Å². The molecule has 0 saturated carbocycles. The van der Waals surface area contributed by atoms with E-state index >= 15 is 0 Å². The van der Waals surface area contributed by atoms with Crippen molar-refractivity contribution < 1.29 is 28.2 Å². The minimum absolute atomic E-state index is 0.155.